The Kier molecular flexibility index (Phi) is 12.2. The first-order valence-electron chi connectivity index (χ1n) is 4.35. The predicted molar refractivity (Wildman–Crippen MR) is 48.7 cm³/mol. The van der Waals surface area contributed by atoms with Gasteiger partial charge in [0.1, 0.15) is 0 Å². The lowest BCUT2D eigenvalue weighted by Crippen LogP contribution is -1.94. The standard InChI is InChI=1S/C6H12O.C2H6.CH4O/c1-5-3-6(2)7-4-5;2*1-2/h5-6H,3-4H2,1-2H3;1-2H3;2H,1H3. The lowest BCUT2D eigenvalue weighted by Gasteiger charge is -1.94. The molecule has 0 bridgehead atoms. The lowest BCUT2D eigenvalue weighted by molar-refractivity contribution is 0.121. The van der Waals surface area contributed by atoms with Crippen LogP contribution in [-0.4, -0.2) is 24.9 Å². The first-order chi connectivity index (χ1) is 5.29. The van der Waals surface area contributed by atoms with Crippen LogP contribution in [0.25, 0.3) is 0 Å². The van der Waals surface area contributed by atoms with E-state index in [2.05, 4.69) is 13.8 Å². The molecule has 2 unspecified atom stereocenters. The van der Waals surface area contributed by atoms with Crippen LogP contribution in [0, 0.1) is 5.92 Å². The number of aliphatic hydroxyl groups is 1. The summed E-state index contributed by atoms with van der Waals surface area (Å²) in [5.74, 6) is 0.801. The van der Waals surface area contributed by atoms with Crippen molar-refractivity contribution in [3.05, 3.63) is 0 Å². The summed E-state index contributed by atoms with van der Waals surface area (Å²) in [6.07, 6.45) is 1.77. The highest BCUT2D eigenvalue weighted by molar-refractivity contribution is 4.64. The Hall–Kier alpha value is -0.0800. The van der Waals surface area contributed by atoms with Crippen molar-refractivity contribution in [2.45, 2.75) is 40.2 Å². The maximum Gasteiger partial charge on any atom is 0.0550 e. The molecule has 2 nitrogen and oxygen atoms in total. The van der Waals surface area contributed by atoms with E-state index in [4.69, 9.17) is 9.84 Å². The molecule has 1 heterocycles. The quantitative estimate of drug-likeness (QED) is 0.591. The van der Waals surface area contributed by atoms with Gasteiger partial charge in [-0.15, -0.1) is 0 Å². The zero-order valence-corrected chi connectivity index (χ0v) is 8.42. The third-order valence-electron chi connectivity index (χ3n) is 1.40. The van der Waals surface area contributed by atoms with Crippen LogP contribution in [0.15, 0.2) is 0 Å². The summed E-state index contributed by atoms with van der Waals surface area (Å²) >= 11 is 0. The summed E-state index contributed by atoms with van der Waals surface area (Å²) in [5, 5.41) is 7.00. The minimum atomic E-state index is 0.523. The average Bonchev–Trinajstić information content (AvgIpc) is 2.43. The Morgan fingerprint density at radius 3 is 1.73 bits per heavy atom. The Bertz CT molecular complexity index is 56.6. The van der Waals surface area contributed by atoms with E-state index in [1.165, 1.54) is 6.42 Å². The topological polar surface area (TPSA) is 29.5 Å². The molecular formula is C9H22O2. The van der Waals surface area contributed by atoms with Gasteiger partial charge in [-0.25, -0.2) is 0 Å². The molecule has 1 rings (SSSR count). The maximum absolute atomic E-state index is 7.00. The third-order valence-corrected chi connectivity index (χ3v) is 1.40. The number of aliphatic hydroxyl groups excluding tert-OH is 1. The van der Waals surface area contributed by atoms with Crippen LogP contribution in [0.5, 0.6) is 0 Å². The van der Waals surface area contributed by atoms with E-state index in [9.17, 15) is 0 Å². The van der Waals surface area contributed by atoms with Crippen LogP contribution in [0.1, 0.15) is 34.1 Å². The van der Waals surface area contributed by atoms with Gasteiger partial charge in [-0.05, 0) is 19.3 Å². The number of rotatable bonds is 0. The molecule has 2 atom stereocenters. The zero-order chi connectivity index (χ0) is 9.28. The smallest absolute Gasteiger partial charge is 0.0550 e. The first kappa shape index (κ1) is 13.5. The molecule has 0 saturated carbocycles. The molecule has 2 heteroatoms. The van der Waals surface area contributed by atoms with Crippen molar-refractivity contribution in [3.8, 4) is 0 Å². The van der Waals surface area contributed by atoms with Gasteiger partial charge < -0.3 is 9.84 Å². The van der Waals surface area contributed by atoms with Gasteiger partial charge in [0, 0.05) is 13.7 Å². The van der Waals surface area contributed by atoms with Crippen molar-refractivity contribution < 1.29 is 9.84 Å². The van der Waals surface area contributed by atoms with Gasteiger partial charge in [-0.1, -0.05) is 20.8 Å². The van der Waals surface area contributed by atoms with E-state index in [-0.39, 0.29) is 0 Å². The Balaban J connectivity index is 0. The fourth-order valence-electron chi connectivity index (χ4n) is 1.03. The maximum atomic E-state index is 7.00. The van der Waals surface area contributed by atoms with E-state index in [0.717, 1.165) is 19.6 Å². The molecule has 1 fully saturated rings. The molecule has 1 aliphatic heterocycles. The Morgan fingerprint density at radius 2 is 1.64 bits per heavy atom. The largest absolute Gasteiger partial charge is 0.400 e. The first-order valence-corrected chi connectivity index (χ1v) is 4.35. The molecule has 70 valence electrons. The molecule has 0 spiro atoms. The van der Waals surface area contributed by atoms with Gasteiger partial charge in [0.25, 0.3) is 0 Å². The van der Waals surface area contributed by atoms with Gasteiger partial charge in [0.15, 0.2) is 0 Å². The average molecular weight is 162 g/mol. The molecule has 0 aromatic rings. The molecule has 0 aliphatic carbocycles. The van der Waals surface area contributed by atoms with Crippen molar-refractivity contribution in [2.24, 2.45) is 5.92 Å². The van der Waals surface area contributed by atoms with Crippen LogP contribution < -0.4 is 0 Å². The second kappa shape index (κ2) is 9.92. The molecule has 1 saturated heterocycles. The van der Waals surface area contributed by atoms with Crippen LogP contribution in [0.2, 0.25) is 0 Å². The summed E-state index contributed by atoms with van der Waals surface area (Å²) in [6.45, 7) is 9.33. The summed E-state index contributed by atoms with van der Waals surface area (Å²) in [7, 11) is 1.00. The van der Waals surface area contributed by atoms with Crippen molar-refractivity contribution in [2.75, 3.05) is 13.7 Å². The molecule has 1 aliphatic rings. The van der Waals surface area contributed by atoms with E-state index < -0.39 is 0 Å². The van der Waals surface area contributed by atoms with Crippen LogP contribution >= 0.6 is 0 Å². The van der Waals surface area contributed by atoms with Crippen LogP contribution in [0.3, 0.4) is 0 Å². The van der Waals surface area contributed by atoms with Crippen molar-refractivity contribution in [1.29, 1.82) is 0 Å². The summed E-state index contributed by atoms with van der Waals surface area (Å²) < 4.78 is 5.27. The Morgan fingerprint density at radius 1 is 1.18 bits per heavy atom. The van der Waals surface area contributed by atoms with Gasteiger partial charge >= 0.3 is 0 Å². The van der Waals surface area contributed by atoms with Gasteiger partial charge in [0.2, 0.25) is 0 Å². The van der Waals surface area contributed by atoms with Crippen molar-refractivity contribution in [3.63, 3.8) is 0 Å². The summed E-state index contributed by atoms with van der Waals surface area (Å²) in [4.78, 5) is 0. The second-order valence-corrected chi connectivity index (χ2v) is 2.48. The fourth-order valence-corrected chi connectivity index (χ4v) is 1.03. The summed E-state index contributed by atoms with van der Waals surface area (Å²) in [6, 6.07) is 0. The van der Waals surface area contributed by atoms with E-state index >= 15 is 0 Å². The van der Waals surface area contributed by atoms with Crippen molar-refractivity contribution >= 4 is 0 Å². The third kappa shape index (κ3) is 7.82. The monoisotopic (exact) mass is 162 g/mol. The zero-order valence-electron chi connectivity index (χ0n) is 8.42. The fraction of sp³-hybridized carbons (Fsp3) is 1.00. The predicted octanol–water partition coefficient (Wildman–Crippen LogP) is 2.07. The number of hydrogen-bond donors (Lipinski definition) is 1. The van der Waals surface area contributed by atoms with E-state index in [0.29, 0.717) is 6.10 Å². The summed E-state index contributed by atoms with van der Waals surface area (Å²) in [5.41, 5.74) is 0. The van der Waals surface area contributed by atoms with Gasteiger partial charge in [-0.3, -0.25) is 0 Å². The second-order valence-electron chi connectivity index (χ2n) is 2.48. The molecular weight excluding hydrogens is 140 g/mol. The minimum Gasteiger partial charge on any atom is -0.400 e. The molecule has 0 amide bonds. The highest BCUT2D eigenvalue weighted by atomic mass is 16.5. The lowest BCUT2D eigenvalue weighted by atomic mass is 10.1. The Labute approximate surface area is 70.6 Å². The highest BCUT2D eigenvalue weighted by Gasteiger charge is 2.16. The van der Waals surface area contributed by atoms with Gasteiger partial charge in [-0.2, -0.15) is 0 Å². The molecule has 1 N–H and O–H groups in total. The molecule has 0 aromatic carbocycles. The van der Waals surface area contributed by atoms with Crippen molar-refractivity contribution in [1.82, 2.24) is 0 Å². The van der Waals surface area contributed by atoms with E-state index in [1.807, 2.05) is 13.8 Å². The normalized spacial score (nSPS) is 27.8. The number of hydrogen-bond acceptors (Lipinski definition) is 2. The minimum absolute atomic E-state index is 0.523. The van der Waals surface area contributed by atoms with Gasteiger partial charge in [0.05, 0.1) is 6.10 Å². The van der Waals surface area contributed by atoms with Crippen LogP contribution in [-0.2, 0) is 4.74 Å². The SMILES string of the molecule is CC.CC1COC(C)C1.CO. The number of ether oxygens (including phenoxy) is 1. The highest BCUT2D eigenvalue weighted by Crippen LogP contribution is 2.16. The molecule has 0 radical (unpaired) electrons. The molecule has 0 aromatic heterocycles. The van der Waals surface area contributed by atoms with Crippen LogP contribution in [0.4, 0.5) is 0 Å². The van der Waals surface area contributed by atoms with E-state index in [1.54, 1.807) is 0 Å². The molecule has 11 heavy (non-hydrogen) atoms.